The molecule has 8 aromatic rings. The summed E-state index contributed by atoms with van der Waals surface area (Å²) in [6.45, 7) is 8.78. The summed E-state index contributed by atoms with van der Waals surface area (Å²) < 4.78 is 43.6. The average Bonchev–Trinajstić information content (AvgIpc) is 1.68. The Kier molecular flexibility index (Phi) is 28.8. The number of aliphatic carboxylic acids is 1. The van der Waals surface area contributed by atoms with Crippen LogP contribution in [-0.2, 0) is 48.0 Å². The number of alkyl halides is 1. The van der Waals surface area contributed by atoms with Crippen molar-refractivity contribution in [3.05, 3.63) is 239 Å². The van der Waals surface area contributed by atoms with Gasteiger partial charge in [-0.25, -0.2) is 0 Å². The zero-order chi connectivity index (χ0) is 63.4. The SMILES string of the molecule is CCCCCCOc1nsnc1C1=CCC[N+](C)(C(OC(=O)Cc2ccccc2)c2ccccc2)C1.CCCCCCOc1nsnc1C1=CCC[N+](C)(C(OC(=O)Cc2ccccc2)c2ccccc2)C1.O=C([O-])C(Cl)(Cc1ccccc1)c1ccccc1.[I-]. The molecule has 2 aliphatic rings. The first-order valence-corrected chi connectivity index (χ1v) is 33.2. The predicted molar refractivity (Wildman–Crippen MR) is 356 cm³/mol. The van der Waals surface area contributed by atoms with Crippen LogP contribution in [0.4, 0.5) is 0 Å². The van der Waals surface area contributed by atoms with Gasteiger partial charge in [0.25, 0.3) is 24.2 Å². The number of hydrogen-bond donors (Lipinski definition) is 0. The molecule has 0 spiro atoms. The van der Waals surface area contributed by atoms with E-state index in [0.29, 0.717) is 52.6 Å². The van der Waals surface area contributed by atoms with Crippen molar-refractivity contribution in [1.29, 1.82) is 0 Å². The first-order valence-electron chi connectivity index (χ1n) is 31.3. The molecule has 4 heterocycles. The van der Waals surface area contributed by atoms with Crippen molar-refractivity contribution in [3.8, 4) is 11.8 Å². The quantitative estimate of drug-likeness (QED) is 0.0150. The molecule has 2 aromatic heterocycles. The minimum atomic E-state index is -1.53. The minimum absolute atomic E-state index is 0. The van der Waals surface area contributed by atoms with E-state index in [1.165, 1.54) is 49.1 Å². The summed E-state index contributed by atoms with van der Waals surface area (Å²) in [6.07, 6.45) is 15.2. The number of rotatable bonds is 28. The van der Waals surface area contributed by atoms with Crippen molar-refractivity contribution >= 4 is 64.1 Å². The lowest BCUT2D eigenvalue weighted by Gasteiger charge is -2.42. The molecule has 91 heavy (non-hydrogen) atoms. The molecule has 0 aliphatic carbocycles. The van der Waals surface area contributed by atoms with Crippen LogP contribution in [0.5, 0.6) is 11.8 Å². The smallest absolute Gasteiger partial charge is 0.315 e. The molecular formula is C73H84ClIN6O8S2. The zero-order valence-electron chi connectivity index (χ0n) is 52.6. The third-order valence-electron chi connectivity index (χ3n) is 16.1. The summed E-state index contributed by atoms with van der Waals surface area (Å²) in [6, 6.07) is 57.6. The van der Waals surface area contributed by atoms with E-state index >= 15 is 0 Å². The maximum atomic E-state index is 13.1. The van der Waals surface area contributed by atoms with Gasteiger partial charge in [-0.3, -0.25) is 18.6 Å². The second kappa shape index (κ2) is 36.8. The number of likely N-dealkylation sites (N-methyl/N-ethyl adjacent to an activating group) is 2. The zero-order valence-corrected chi connectivity index (χ0v) is 57.1. The summed E-state index contributed by atoms with van der Waals surface area (Å²) in [5.74, 6) is -0.491. The van der Waals surface area contributed by atoms with Gasteiger partial charge in [0.2, 0.25) is 0 Å². The van der Waals surface area contributed by atoms with E-state index in [2.05, 4.69) is 57.6 Å². The lowest BCUT2D eigenvalue weighted by molar-refractivity contribution is -0.953. The number of hydrogen-bond acceptors (Lipinski definition) is 14. The maximum absolute atomic E-state index is 13.1. The normalized spacial score (nSPS) is 17.2. The molecule has 2 aliphatic heterocycles. The van der Waals surface area contributed by atoms with Crippen LogP contribution in [0.1, 0.15) is 135 Å². The fourth-order valence-electron chi connectivity index (χ4n) is 11.3. The molecular weight excluding hydrogens is 1320 g/mol. The van der Waals surface area contributed by atoms with Gasteiger partial charge in [-0.1, -0.05) is 222 Å². The molecule has 0 radical (unpaired) electrons. The van der Waals surface area contributed by atoms with Crippen molar-refractivity contribution in [2.75, 3.05) is 53.5 Å². The molecule has 5 unspecified atom stereocenters. The van der Waals surface area contributed by atoms with E-state index in [9.17, 15) is 19.5 Å². The third kappa shape index (κ3) is 21.2. The molecule has 0 saturated carbocycles. The number of esters is 2. The third-order valence-corrected chi connectivity index (χ3v) is 17.7. The topological polar surface area (TPSA) is 163 Å². The molecule has 6 aromatic carbocycles. The van der Waals surface area contributed by atoms with E-state index in [0.717, 1.165) is 102 Å². The summed E-state index contributed by atoms with van der Waals surface area (Å²) in [5.41, 5.74) is 9.12. The summed E-state index contributed by atoms with van der Waals surface area (Å²) in [7, 11) is 4.32. The van der Waals surface area contributed by atoms with Crippen LogP contribution in [0.2, 0.25) is 0 Å². The molecule has 18 heteroatoms. The number of quaternary nitrogens is 2. The number of unbranched alkanes of at least 4 members (excludes halogenated alkanes) is 6. The summed E-state index contributed by atoms with van der Waals surface area (Å²) >= 11 is 8.65. The largest absolute Gasteiger partial charge is 1.00 e. The fraction of sp³-hybridized carbons (Fsp3) is 0.356. The summed E-state index contributed by atoms with van der Waals surface area (Å²) in [4.78, 5) is 36.0. The molecule has 5 atom stereocenters. The maximum Gasteiger partial charge on any atom is 0.315 e. The molecule has 10 rings (SSSR count). The number of carboxylic acid groups (broad SMARTS) is 1. The lowest BCUT2D eigenvalue weighted by atomic mass is 9.91. The molecule has 0 N–H and O–H groups in total. The number of aromatic nitrogens is 4. The highest BCUT2D eigenvalue weighted by atomic mass is 127. The first-order chi connectivity index (χ1) is 43.8. The number of ether oxygens (including phenoxy) is 4. The van der Waals surface area contributed by atoms with Gasteiger partial charge >= 0.3 is 11.9 Å². The Morgan fingerprint density at radius 1 is 0.516 bits per heavy atom. The van der Waals surface area contributed by atoms with Crippen molar-refractivity contribution in [2.24, 2.45) is 0 Å². The van der Waals surface area contributed by atoms with Gasteiger partial charge < -0.3 is 52.8 Å². The molecule has 14 nitrogen and oxygen atoms in total. The van der Waals surface area contributed by atoms with Gasteiger partial charge in [0.05, 0.1) is 93.8 Å². The highest BCUT2D eigenvalue weighted by Gasteiger charge is 2.42. The summed E-state index contributed by atoms with van der Waals surface area (Å²) in [5, 5.41) is 11.4. The van der Waals surface area contributed by atoms with Crippen molar-refractivity contribution in [2.45, 2.75) is 115 Å². The van der Waals surface area contributed by atoms with Gasteiger partial charge in [0, 0.05) is 30.4 Å². The van der Waals surface area contributed by atoms with Gasteiger partial charge in [0.1, 0.15) is 29.4 Å². The molecule has 0 bridgehead atoms. The number of carbonyl (C=O) groups is 3. The molecule has 0 fully saturated rings. The Morgan fingerprint density at radius 3 is 1.25 bits per heavy atom. The monoisotopic (exact) mass is 1400 g/mol. The Bertz CT molecular complexity index is 3340. The fourth-order valence-corrected chi connectivity index (χ4v) is 12.6. The minimum Gasteiger partial charge on any atom is -1.00 e. The van der Waals surface area contributed by atoms with Crippen molar-refractivity contribution < 1.29 is 71.4 Å². The highest BCUT2D eigenvalue weighted by Crippen LogP contribution is 2.40. The highest BCUT2D eigenvalue weighted by molar-refractivity contribution is 6.99. The number of nitrogens with zero attached hydrogens (tertiary/aromatic N) is 6. The first kappa shape index (κ1) is 71.3. The Hall–Kier alpha value is -7.13. The number of halogens is 2. The van der Waals surface area contributed by atoms with Crippen molar-refractivity contribution in [3.63, 3.8) is 0 Å². The Balaban J connectivity index is 0.000000204. The van der Waals surface area contributed by atoms with Crippen LogP contribution in [0.3, 0.4) is 0 Å². The predicted octanol–water partition coefficient (Wildman–Crippen LogP) is 11.5. The second-order valence-electron chi connectivity index (χ2n) is 23.4. The van der Waals surface area contributed by atoms with Crippen LogP contribution >= 0.6 is 35.1 Å². The van der Waals surface area contributed by atoms with Gasteiger partial charge in [-0.2, -0.15) is 8.75 Å². The average molecular weight is 1400 g/mol. The van der Waals surface area contributed by atoms with E-state index in [1.807, 2.05) is 158 Å². The van der Waals surface area contributed by atoms with E-state index in [1.54, 1.807) is 24.3 Å². The standard InChI is InChI=1S/2C29H36N3O3S.C15H13ClO2.HI/c2*1-3-4-5-12-20-34-28-27(30-36-31-28)25-18-13-19-32(2,22-25)29(24-16-10-7-11-17-24)35-26(33)21-23-14-8-6-9-15-23;16-15(14(17)18,13-9-5-2-6-10-13)11-12-7-3-1-4-8-12;/h2*6-11,14-18,29H,3-5,12-13,19-22H2,1-2H3;1-10H,11H2,(H,17,18);1H/q2*+1;;/p-2. The van der Waals surface area contributed by atoms with Crippen LogP contribution < -0.4 is 38.6 Å². The van der Waals surface area contributed by atoms with Crippen LogP contribution in [-0.4, -0.2) is 97.9 Å². The second-order valence-corrected chi connectivity index (χ2v) is 25.1. The van der Waals surface area contributed by atoms with Crippen molar-refractivity contribution in [1.82, 2.24) is 17.5 Å². The van der Waals surface area contributed by atoms with E-state index in [4.69, 9.17) is 30.5 Å². The number of benzene rings is 6. The number of carboxylic acids is 1. The van der Waals surface area contributed by atoms with Crippen LogP contribution in [0, 0.1) is 0 Å². The molecule has 0 saturated heterocycles. The van der Waals surface area contributed by atoms with Gasteiger partial charge in [0.15, 0.2) is 0 Å². The van der Waals surface area contributed by atoms with Gasteiger partial charge in [-0.15, -0.1) is 20.3 Å². The Labute approximate surface area is 567 Å². The Morgan fingerprint density at radius 2 is 0.879 bits per heavy atom. The number of carbonyl (C=O) groups excluding carboxylic acids is 3. The van der Waals surface area contributed by atoms with E-state index < -0.39 is 23.3 Å². The molecule has 480 valence electrons. The van der Waals surface area contributed by atoms with E-state index in [-0.39, 0.29) is 55.2 Å². The molecule has 0 amide bonds. The lowest BCUT2D eigenvalue weighted by Crippen LogP contribution is -3.00. The van der Waals surface area contributed by atoms with Crippen LogP contribution in [0.15, 0.2) is 194 Å². The van der Waals surface area contributed by atoms with Gasteiger partial charge in [-0.05, 0) is 59.4 Å². The van der Waals surface area contributed by atoms with Crippen LogP contribution in [0.25, 0.3) is 11.1 Å².